The van der Waals surface area contributed by atoms with Crippen molar-refractivity contribution in [1.29, 1.82) is 0 Å². The lowest BCUT2D eigenvalue weighted by atomic mass is 10.1. The number of amides is 1. The van der Waals surface area contributed by atoms with E-state index in [-0.39, 0.29) is 12.4 Å². The average Bonchev–Trinajstić information content (AvgIpc) is 2.97. The molecule has 0 radical (unpaired) electrons. The number of benzene rings is 1. The van der Waals surface area contributed by atoms with E-state index in [0.717, 1.165) is 5.56 Å². The molecule has 1 amide bonds. The first-order valence-corrected chi connectivity index (χ1v) is 9.77. The molecule has 0 aliphatic carbocycles. The van der Waals surface area contributed by atoms with E-state index in [1.807, 2.05) is 30.3 Å². The van der Waals surface area contributed by atoms with Gasteiger partial charge in [0.25, 0.3) is 5.72 Å². The van der Waals surface area contributed by atoms with Gasteiger partial charge in [0.2, 0.25) is 0 Å². The number of esters is 1. The number of ether oxygens (including phenoxy) is 2. The van der Waals surface area contributed by atoms with E-state index in [1.165, 1.54) is 11.8 Å². The number of aliphatic hydroxyl groups is 1. The first-order valence-electron chi connectivity index (χ1n) is 8.78. The molecule has 2 atom stereocenters. The van der Waals surface area contributed by atoms with Crippen molar-refractivity contribution in [3.63, 3.8) is 0 Å². The Morgan fingerprint density at radius 1 is 1.33 bits per heavy atom. The number of nitrogens with zero attached hydrogens (tertiary/aromatic N) is 1. The Hall–Kier alpha value is -2.06. The molecule has 1 aromatic rings. The van der Waals surface area contributed by atoms with Crippen LogP contribution in [0.1, 0.15) is 33.3 Å². The van der Waals surface area contributed by atoms with Gasteiger partial charge in [0.1, 0.15) is 5.60 Å². The summed E-state index contributed by atoms with van der Waals surface area (Å²) < 4.78 is 10.2. The maximum atomic E-state index is 12.3. The fraction of sp³-hybridized carbons (Fsp3) is 0.526. The van der Waals surface area contributed by atoms with Crippen LogP contribution in [0.4, 0.5) is 4.79 Å². The lowest BCUT2D eigenvalue weighted by Crippen LogP contribution is -2.44. The highest BCUT2D eigenvalue weighted by molar-refractivity contribution is 8.14. The summed E-state index contributed by atoms with van der Waals surface area (Å²) in [7, 11) is 0. The Bertz CT molecular complexity index is 702. The number of thioether (sulfide) groups is 1. The van der Waals surface area contributed by atoms with E-state index in [2.05, 4.69) is 10.3 Å². The monoisotopic (exact) mass is 394 g/mol. The molecule has 1 unspecified atom stereocenters. The zero-order valence-electron chi connectivity index (χ0n) is 16.0. The fourth-order valence-electron chi connectivity index (χ4n) is 2.45. The van der Waals surface area contributed by atoms with Crippen molar-refractivity contribution in [1.82, 2.24) is 5.32 Å². The molecule has 27 heavy (non-hydrogen) atoms. The summed E-state index contributed by atoms with van der Waals surface area (Å²) in [6, 6.07) is 9.04. The van der Waals surface area contributed by atoms with Crippen LogP contribution >= 0.6 is 11.8 Å². The second-order valence-corrected chi connectivity index (χ2v) is 8.16. The molecule has 0 saturated heterocycles. The minimum atomic E-state index is -1.93. The van der Waals surface area contributed by atoms with E-state index in [0.29, 0.717) is 11.5 Å². The minimum Gasteiger partial charge on any atom is -0.462 e. The highest BCUT2D eigenvalue weighted by Gasteiger charge is 2.44. The van der Waals surface area contributed by atoms with Gasteiger partial charge in [0.05, 0.1) is 23.4 Å². The van der Waals surface area contributed by atoms with E-state index in [1.54, 1.807) is 27.7 Å². The summed E-state index contributed by atoms with van der Waals surface area (Å²) in [5, 5.41) is 13.7. The summed E-state index contributed by atoms with van der Waals surface area (Å²) in [5.41, 5.74) is -1.59. The number of aliphatic imine (C=N–C) groups is 1. The van der Waals surface area contributed by atoms with Gasteiger partial charge in [-0.3, -0.25) is 0 Å². The van der Waals surface area contributed by atoms with Crippen LogP contribution in [0.25, 0.3) is 0 Å². The van der Waals surface area contributed by atoms with Gasteiger partial charge < -0.3 is 19.9 Å². The molecule has 148 valence electrons. The largest absolute Gasteiger partial charge is 0.462 e. The Morgan fingerprint density at radius 2 is 2.00 bits per heavy atom. The summed E-state index contributed by atoms with van der Waals surface area (Å²) >= 11 is 1.22. The van der Waals surface area contributed by atoms with Crippen LogP contribution in [0.3, 0.4) is 0 Å². The summed E-state index contributed by atoms with van der Waals surface area (Å²) in [4.78, 5) is 28.4. The Morgan fingerprint density at radius 3 is 2.59 bits per heavy atom. The van der Waals surface area contributed by atoms with Crippen LogP contribution < -0.4 is 5.32 Å². The minimum absolute atomic E-state index is 0.0441. The molecular weight excluding hydrogens is 368 g/mol. The smallest absolute Gasteiger partial charge is 0.408 e. The van der Waals surface area contributed by atoms with Gasteiger partial charge in [0, 0.05) is 0 Å². The number of hydrogen-bond acceptors (Lipinski definition) is 7. The predicted molar refractivity (Wildman–Crippen MR) is 105 cm³/mol. The third kappa shape index (κ3) is 6.25. The van der Waals surface area contributed by atoms with Crippen molar-refractivity contribution < 1.29 is 24.2 Å². The Labute approximate surface area is 163 Å². The maximum Gasteiger partial charge on any atom is 0.408 e. The van der Waals surface area contributed by atoms with Gasteiger partial charge in [-0.25, -0.2) is 14.6 Å². The molecule has 7 nitrogen and oxygen atoms in total. The van der Waals surface area contributed by atoms with Crippen LogP contribution in [0.2, 0.25) is 0 Å². The zero-order chi connectivity index (χ0) is 20.1. The molecule has 2 N–H and O–H groups in total. The predicted octanol–water partition coefficient (Wildman–Crippen LogP) is 2.52. The van der Waals surface area contributed by atoms with Gasteiger partial charge in [-0.05, 0) is 39.7 Å². The number of hydrogen-bond donors (Lipinski definition) is 2. The molecule has 2 rings (SSSR count). The second kappa shape index (κ2) is 8.75. The van der Waals surface area contributed by atoms with Crippen molar-refractivity contribution in [3.05, 3.63) is 35.9 Å². The normalized spacial score (nSPS) is 20.6. The summed E-state index contributed by atoms with van der Waals surface area (Å²) in [6.45, 7) is 7.15. The van der Waals surface area contributed by atoms with Gasteiger partial charge in [-0.1, -0.05) is 30.3 Å². The third-order valence-corrected chi connectivity index (χ3v) is 4.81. The highest BCUT2D eigenvalue weighted by Crippen LogP contribution is 2.29. The van der Waals surface area contributed by atoms with Gasteiger partial charge in [0.15, 0.2) is 0 Å². The second-order valence-electron chi connectivity index (χ2n) is 7.16. The summed E-state index contributed by atoms with van der Waals surface area (Å²) in [6.07, 6.45) is -0.136. The number of rotatable bonds is 6. The Kier molecular flexibility index (Phi) is 6.89. The molecule has 1 aromatic carbocycles. The van der Waals surface area contributed by atoms with Crippen molar-refractivity contribution in [3.8, 4) is 0 Å². The van der Waals surface area contributed by atoms with E-state index >= 15 is 0 Å². The average molecular weight is 394 g/mol. The zero-order valence-corrected chi connectivity index (χ0v) is 16.8. The van der Waals surface area contributed by atoms with E-state index in [4.69, 9.17) is 9.47 Å². The summed E-state index contributed by atoms with van der Waals surface area (Å²) in [5.74, 6) is -0.745. The molecule has 0 saturated carbocycles. The topological polar surface area (TPSA) is 97.2 Å². The molecule has 0 spiro atoms. The van der Waals surface area contributed by atoms with Crippen molar-refractivity contribution >= 4 is 28.9 Å². The maximum absolute atomic E-state index is 12.3. The lowest BCUT2D eigenvalue weighted by Gasteiger charge is -2.23. The van der Waals surface area contributed by atoms with Crippen LogP contribution in [-0.4, -0.2) is 51.9 Å². The van der Waals surface area contributed by atoms with Gasteiger partial charge in [-0.15, -0.1) is 11.8 Å². The van der Waals surface area contributed by atoms with Crippen LogP contribution in [-0.2, 0) is 20.7 Å². The highest BCUT2D eigenvalue weighted by atomic mass is 32.2. The van der Waals surface area contributed by atoms with Crippen molar-refractivity contribution in [2.75, 3.05) is 12.4 Å². The van der Waals surface area contributed by atoms with Gasteiger partial charge in [-0.2, -0.15) is 0 Å². The fourth-order valence-corrected chi connectivity index (χ4v) is 3.54. The van der Waals surface area contributed by atoms with Gasteiger partial charge >= 0.3 is 12.1 Å². The first kappa shape index (κ1) is 21.2. The lowest BCUT2D eigenvalue weighted by molar-refractivity contribution is -0.161. The van der Waals surface area contributed by atoms with Crippen molar-refractivity contribution in [2.45, 2.75) is 51.5 Å². The number of carbonyl (C=O) groups excluding carboxylic acids is 2. The number of carbonyl (C=O) groups is 2. The quantitative estimate of drug-likeness (QED) is 0.720. The van der Waals surface area contributed by atoms with E-state index < -0.39 is 29.4 Å². The first-order chi connectivity index (χ1) is 12.6. The third-order valence-electron chi connectivity index (χ3n) is 3.59. The number of nitrogens with one attached hydrogen (secondary N) is 1. The molecule has 1 aliphatic rings. The molecule has 0 aromatic heterocycles. The molecule has 0 bridgehead atoms. The standard InChI is InChI=1S/C19H26N2O5S/c1-5-25-16(22)19(24)12-27-15(21-19)14(11-13-9-7-6-8-10-13)20-17(23)26-18(2,3)4/h6-10,14,24H,5,11-12H2,1-4H3,(H,20,23)/t14-,19?/m1/s1. The SMILES string of the molecule is CCOC(=O)C1(O)CSC([C@@H](Cc2ccccc2)NC(=O)OC(C)(C)C)=N1. The van der Waals surface area contributed by atoms with E-state index in [9.17, 15) is 14.7 Å². The van der Waals surface area contributed by atoms with Crippen LogP contribution in [0.15, 0.2) is 35.3 Å². The van der Waals surface area contributed by atoms with Crippen molar-refractivity contribution in [2.24, 2.45) is 4.99 Å². The molecule has 1 heterocycles. The van der Waals surface area contributed by atoms with Crippen LogP contribution in [0.5, 0.6) is 0 Å². The number of alkyl carbamates (subject to hydrolysis) is 1. The molecule has 1 aliphatic heterocycles. The molecule has 0 fully saturated rings. The molecular formula is C19H26N2O5S. The Balaban J connectivity index is 2.21. The molecule has 8 heteroatoms. The van der Waals surface area contributed by atoms with Crippen LogP contribution in [0, 0.1) is 0 Å².